The summed E-state index contributed by atoms with van der Waals surface area (Å²) in [4.78, 5) is 25.1. The SMILES string of the molecule is COc1ccc(C2CC(c3ccccc3)=NN2C(=O)CNc2ccccc2C(C)=O)cc1. The van der Waals surface area contributed by atoms with Crippen molar-refractivity contribution < 1.29 is 14.3 Å². The summed E-state index contributed by atoms with van der Waals surface area (Å²) < 4.78 is 5.27. The minimum atomic E-state index is -0.214. The molecule has 0 bridgehead atoms. The molecule has 1 unspecified atom stereocenters. The first-order valence-electron chi connectivity index (χ1n) is 10.5. The van der Waals surface area contributed by atoms with Crippen molar-refractivity contribution in [2.45, 2.75) is 19.4 Å². The highest BCUT2D eigenvalue weighted by atomic mass is 16.5. The highest BCUT2D eigenvalue weighted by molar-refractivity contribution is 6.03. The van der Waals surface area contributed by atoms with Gasteiger partial charge >= 0.3 is 0 Å². The Bertz CT molecular complexity index is 1140. The highest BCUT2D eigenvalue weighted by Gasteiger charge is 2.33. The first-order valence-corrected chi connectivity index (χ1v) is 10.5. The van der Waals surface area contributed by atoms with E-state index in [4.69, 9.17) is 9.84 Å². The Kier molecular flexibility index (Phi) is 6.31. The summed E-state index contributed by atoms with van der Waals surface area (Å²) in [6.07, 6.45) is 0.617. The molecule has 1 N–H and O–H groups in total. The van der Waals surface area contributed by atoms with Crippen LogP contribution in [-0.2, 0) is 4.79 Å². The lowest BCUT2D eigenvalue weighted by Gasteiger charge is -2.23. The van der Waals surface area contributed by atoms with E-state index in [1.807, 2.05) is 60.7 Å². The third kappa shape index (κ3) is 4.54. The van der Waals surface area contributed by atoms with E-state index >= 15 is 0 Å². The standard InChI is InChI=1S/C26H25N3O3/c1-18(30)22-10-6-7-11-23(22)27-17-26(31)29-25(20-12-14-21(32-2)15-13-20)16-24(28-29)19-8-4-3-5-9-19/h3-15,25,27H,16-17H2,1-2H3. The molecule has 32 heavy (non-hydrogen) atoms. The fourth-order valence-corrected chi connectivity index (χ4v) is 3.83. The highest BCUT2D eigenvalue weighted by Crippen LogP contribution is 2.33. The Morgan fingerprint density at radius 2 is 1.69 bits per heavy atom. The number of nitrogens with zero attached hydrogens (tertiary/aromatic N) is 2. The Morgan fingerprint density at radius 3 is 2.38 bits per heavy atom. The van der Waals surface area contributed by atoms with Gasteiger partial charge in [0.2, 0.25) is 0 Å². The maximum atomic E-state index is 13.2. The number of hydrazone groups is 1. The van der Waals surface area contributed by atoms with Gasteiger partial charge < -0.3 is 10.1 Å². The van der Waals surface area contributed by atoms with Gasteiger partial charge in [-0.3, -0.25) is 9.59 Å². The molecule has 0 spiro atoms. The molecule has 1 heterocycles. The Labute approximate surface area is 187 Å². The Morgan fingerprint density at radius 1 is 1.00 bits per heavy atom. The molecule has 1 aliphatic rings. The second-order valence-corrected chi connectivity index (χ2v) is 7.60. The number of hydrogen-bond donors (Lipinski definition) is 1. The number of Topliss-reactive ketones (excluding diaryl/α,β-unsaturated/α-hetero) is 1. The van der Waals surface area contributed by atoms with Crippen LogP contribution in [0, 0.1) is 0 Å². The molecule has 1 atom stereocenters. The fraction of sp³-hybridized carbons (Fsp3) is 0.192. The van der Waals surface area contributed by atoms with E-state index in [1.54, 1.807) is 30.3 Å². The number of carbonyl (C=O) groups excluding carboxylic acids is 2. The van der Waals surface area contributed by atoms with Crippen LogP contribution in [0.2, 0.25) is 0 Å². The maximum absolute atomic E-state index is 13.2. The maximum Gasteiger partial charge on any atom is 0.262 e. The van der Waals surface area contributed by atoms with Crippen molar-refractivity contribution in [3.05, 3.63) is 95.6 Å². The number of ether oxygens (including phenoxy) is 1. The van der Waals surface area contributed by atoms with E-state index in [9.17, 15) is 9.59 Å². The minimum absolute atomic E-state index is 0.0303. The van der Waals surface area contributed by atoms with E-state index in [2.05, 4.69) is 5.32 Å². The quantitative estimate of drug-likeness (QED) is 0.556. The monoisotopic (exact) mass is 427 g/mol. The van der Waals surface area contributed by atoms with E-state index in [0.29, 0.717) is 17.7 Å². The van der Waals surface area contributed by atoms with E-state index in [0.717, 1.165) is 22.6 Å². The zero-order chi connectivity index (χ0) is 22.5. The summed E-state index contributed by atoms with van der Waals surface area (Å²) in [5, 5.41) is 9.35. The molecule has 162 valence electrons. The first-order chi connectivity index (χ1) is 15.6. The summed E-state index contributed by atoms with van der Waals surface area (Å²) in [6.45, 7) is 1.54. The van der Waals surface area contributed by atoms with Crippen LogP contribution >= 0.6 is 0 Å². The predicted octanol–water partition coefficient (Wildman–Crippen LogP) is 4.69. The van der Waals surface area contributed by atoms with Gasteiger partial charge in [-0.15, -0.1) is 0 Å². The third-order valence-electron chi connectivity index (χ3n) is 5.51. The number of rotatable bonds is 7. The van der Waals surface area contributed by atoms with Crippen molar-refractivity contribution in [3.8, 4) is 5.75 Å². The lowest BCUT2D eigenvalue weighted by atomic mass is 9.98. The zero-order valence-electron chi connectivity index (χ0n) is 18.1. The van der Waals surface area contributed by atoms with Crippen LogP contribution in [0.25, 0.3) is 0 Å². The zero-order valence-corrected chi connectivity index (χ0v) is 18.1. The lowest BCUT2D eigenvalue weighted by molar-refractivity contribution is -0.131. The molecule has 0 saturated heterocycles. The van der Waals surface area contributed by atoms with Gasteiger partial charge in [0.05, 0.1) is 25.4 Å². The van der Waals surface area contributed by atoms with E-state index in [1.165, 1.54) is 6.92 Å². The Hall–Kier alpha value is -3.93. The van der Waals surface area contributed by atoms with Crippen LogP contribution < -0.4 is 10.1 Å². The van der Waals surface area contributed by atoms with Crippen molar-refractivity contribution in [3.63, 3.8) is 0 Å². The molecule has 1 amide bonds. The van der Waals surface area contributed by atoms with Gasteiger partial charge in [0, 0.05) is 17.7 Å². The summed E-state index contributed by atoms with van der Waals surface area (Å²) >= 11 is 0. The van der Waals surface area contributed by atoms with Gasteiger partial charge in [-0.2, -0.15) is 5.10 Å². The van der Waals surface area contributed by atoms with Crippen LogP contribution in [0.1, 0.15) is 40.9 Å². The molecule has 0 radical (unpaired) electrons. The minimum Gasteiger partial charge on any atom is -0.497 e. The number of methoxy groups -OCH3 is 1. The van der Waals surface area contributed by atoms with Gasteiger partial charge in [-0.05, 0) is 42.3 Å². The van der Waals surface area contributed by atoms with Crippen LogP contribution in [0.4, 0.5) is 5.69 Å². The van der Waals surface area contributed by atoms with E-state index < -0.39 is 0 Å². The number of benzene rings is 3. The van der Waals surface area contributed by atoms with Crippen molar-refractivity contribution in [2.75, 3.05) is 19.0 Å². The molecule has 6 heteroatoms. The number of ketones is 1. The summed E-state index contributed by atoms with van der Waals surface area (Å²) in [6, 6.07) is 24.6. The molecule has 0 saturated carbocycles. The second-order valence-electron chi connectivity index (χ2n) is 7.60. The number of amides is 1. The van der Waals surface area contributed by atoms with Crippen molar-refractivity contribution in [1.82, 2.24) is 5.01 Å². The van der Waals surface area contributed by atoms with Gasteiger partial charge in [0.25, 0.3) is 5.91 Å². The van der Waals surface area contributed by atoms with E-state index in [-0.39, 0.29) is 24.3 Å². The molecular formula is C26H25N3O3. The first kappa shape index (κ1) is 21.3. The predicted molar refractivity (Wildman–Crippen MR) is 125 cm³/mol. The van der Waals surface area contributed by atoms with Gasteiger partial charge in [0.1, 0.15) is 5.75 Å². The molecule has 3 aromatic carbocycles. The molecule has 4 rings (SSSR count). The topological polar surface area (TPSA) is 71.0 Å². The molecule has 6 nitrogen and oxygen atoms in total. The lowest BCUT2D eigenvalue weighted by Crippen LogP contribution is -2.32. The normalized spacial score (nSPS) is 15.2. The van der Waals surface area contributed by atoms with Crippen LogP contribution in [-0.4, -0.2) is 36.1 Å². The number of anilines is 1. The molecule has 0 aromatic heterocycles. The molecular weight excluding hydrogens is 402 g/mol. The fourth-order valence-electron chi connectivity index (χ4n) is 3.83. The van der Waals surface area contributed by atoms with Crippen LogP contribution in [0.15, 0.2) is 84.0 Å². The smallest absolute Gasteiger partial charge is 0.262 e. The van der Waals surface area contributed by atoms with Crippen molar-refractivity contribution in [2.24, 2.45) is 5.10 Å². The third-order valence-corrected chi connectivity index (χ3v) is 5.51. The average molecular weight is 428 g/mol. The van der Waals surface area contributed by atoms with Gasteiger partial charge in [-0.25, -0.2) is 5.01 Å². The molecule has 0 fully saturated rings. The average Bonchev–Trinajstić information content (AvgIpc) is 3.29. The molecule has 3 aromatic rings. The number of carbonyl (C=O) groups is 2. The summed E-state index contributed by atoms with van der Waals surface area (Å²) in [5.41, 5.74) is 4.04. The van der Waals surface area contributed by atoms with Crippen LogP contribution in [0.3, 0.4) is 0 Å². The summed E-state index contributed by atoms with van der Waals surface area (Å²) in [7, 11) is 1.63. The van der Waals surface area contributed by atoms with Crippen molar-refractivity contribution >= 4 is 23.1 Å². The molecule has 0 aliphatic carbocycles. The van der Waals surface area contributed by atoms with Gasteiger partial charge in [-0.1, -0.05) is 54.6 Å². The molecule has 1 aliphatic heterocycles. The largest absolute Gasteiger partial charge is 0.497 e. The second kappa shape index (κ2) is 9.47. The number of nitrogens with one attached hydrogen (secondary N) is 1. The summed E-state index contributed by atoms with van der Waals surface area (Å²) in [5.74, 6) is 0.536. The number of hydrogen-bond acceptors (Lipinski definition) is 5. The number of para-hydroxylation sites is 1. The Balaban J connectivity index is 1.58. The van der Waals surface area contributed by atoms with Gasteiger partial charge in [0.15, 0.2) is 5.78 Å². The van der Waals surface area contributed by atoms with Crippen LogP contribution in [0.5, 0.6) is 5.75 Å². The van der Waals surface area contributed by atoms with Crippen molar-refractivity contribution in [1.29, 1.82) is 0 Å².